The molecule has 10 heteroatoms. The number of aliphatic carboxylic acids is 1. The molecular formula is C23H18ClFN2O5S. The zero-order chi connectivity index (χ0) is 24.2. The van der Waals surface area contributed by atoms with Gasteiger partial charge in [-0.15, -0.1) is 0 Å². The van der Waals surface area contributed by atoms with E-state index in [9.17, 15) is 22.7 Å². The molecule has 0 aromatic heterocycles. The molecule has 0 saturated heterocycles. The first kappa shape index (κ1) is 24.2. The second kappa shape index (κ2) is 10.0. The molecule has 0 amide bonds. The lowest BCUT2D eigenvalue weighted by Gasteiger charge is -2.19. The molecule has 0 aliphatic heterocycles. The third-order valence-corrected chi connectivity index (χ3v) is 6.70. The Bertz CT molecular complexity index is 1320. The predicted molar refractivity (Wildman–Crippen MR) is 119 cm³/mol. The summed E-state index contributed by atoms with van der Waals surface area (Å²) in [7, 11) is -2.34. The van der Waals surface area contributed by atoms with E-state index in [0.717, 1.165) is 16.4 Å². The number of nitriles is 1. The number of benzene rings is 3. The maximum absolute atomic E-state index is 13.7. The Morgan fingerprint density at radius 1 is 1.18 bits per heavy atom. The molecule has 0 fully saturated rings. The number of rotatable bonds is 8. The highest BCUT2D eigenvalue weighted by atomic mass is 35.5. The summed E-state index contributed by atoms with van der Waals surface area (Å²) in [4.78, 5) is 11.7. The highest BCUT2D eigenvalue weighted by Crippen LogP contribution is 2.26. The molecule has 0 bridgehead atoms. The van der Waals surface area contributed by atoms with Crippen molar-refractivity contribution in [2.24, 2.45) is 0 Å². The van der Waals surface area contributed by atoms with Crippen LogP contribution < -0.4 is 4.74 Å². The highest BCUT2D eigenvalue weighted by Gasteiger charge is 2.24. The second-order valence-electron chi connectivity index (χ2n) is 7.08. The lowest BCUT2D eigenvalue weighted by Crippen LogP contribution is -2.26. The summed E-state index contributed by atoms with van der Waals surface area (Å²) in [6, 6.07) is 17.1. The first-order valence-corrected chi connectivity index (χ1v) is 11.3. The molecule has 0 aliphatic rings. The number of carboxylic acid groups (broad SMARTS) is 1. The number of carboxylic acids is 1. The van der Waals surface area contributed by atoms with Crippen LogP contribution in [0.15, 0.2) is 71.6 Å². The van der Waals surface area contributed by atoms with E-state index in [1.165, 1.54) is 37.4 Å². The topological polar surface area (TPSA) is 108 Å². The molecule has 1 unspecified atom stereocenters. The Kier molecular flexibility index (Phi) is 7.33. The van der Waals surface area contributed by atoms with Gasteiger partial charge in [0.15, 0.2) is 0 Å². The van der Waals surface area contributed by atoms with Crippen molar-refractivity contribution in [2.75, 3.05) is 7.05 Å². The largest absolute Gasteiger partial charge is 0.478 e. The monoisotopic (exact) mass is 488 g/mol. The summed E-state index contributed by atoms with van der Waals surface area (Å²) in [6.45, 7) is 0.0485. The maximum Gasteiger partial charge on any atom is 0.349 e. The summed E-state index contributed by atoms with van der Waals surface area (Å²) >= 11 is 5.89. The van der Waals surface area contributed by atoms with Gasteiger partial charge >= 0.3 is 5.97 Å². The summed E-state index contributed by atoms with van der Waals surface area (Å²) < 4.78 is 45.9. The molecule has 33 heavy (non-hydrogen) atoms. The average molecular weight is 489 g/mol. The number of hydrogen-bond acceptors (Lipinski definition) is 5. The first-order valence-electron chi connectivity index (χ1n) is 9.51. The molecule has 0 spiro atoms. The molecule has 0 saturated carbocycles. The minimum absolute atomic E-state index is 0.0181. The van der Waals surface area contributed by atoms with Crippen LogP contribution in [-0.4, -0.2) is 30.8 Å². The van der Waals surface area contributed by atoms with Gasteiger partial charge in [-0.25, -0.2) is 17.6 Å². The molecule has 170 valence electrons. The maximum atomic E-state index is 13.7. The SMILES string of the molecule is CN(Cc1ccc(OC(C(=O)O)c2cc(F)cc(C#N)c2)cc1)S(=O)(=O)c1cccc(Cl)c1. The van der Waals surface area contributed by atoms with E-state index in [4.69, 9.17) is 21.6 Å². The van der Waals surface area contributed by atoms with Crippen molar-refractivity contribution in [1.29, 1.82) is 5.26 Å². The normalized spacial score (nSPS) is 12.2. The van der Waals surface area contributed by atoms with Crippen molar-refractivity contribution >= 4 is 27.6 Å². The fourth-order valence-electron chi connectivity index (χ4n) is 3.05. The van der Waals surface area contributed by atoms with Crippen LogP contribution >= 0.6 is 11.6 Å². The highest BCUT2D eigenvalue weighted by molar-refractivity contribution is 7.89. The molecule has 7 nitrogen and oxygen atoms in total. The van der Waals surface area contributed by atoms with Gasteiger partial charge in [-0.2, -0.15) is 9.57 Å². The Morgan fingerprint density at radius 3 is 2.48 bits per heavy atom. The lowest BCUT2D eigenvalue weighted by molar-refractivity contribution is -0.145. The lowest BCUT2D eigenvalue weighted by atomic mass is 10.1. The van der Waals surface area contributed by atoms with Crippen molar-refractivity contribution < 1.29 is 27.4 Å². The van der Waals surface area contributed by atoms with Gasteiger partial charge in [-0.1, -0.05) is 29.8 Å². The van der Waals surface area contributed by atoms with Gasteiger partial charge in [0, 0.05) is 24.2 Å². The molecule has 1 atom stereocenters. The van der Waals surface area contributed by atoms with E-state index in [1.54, 1.807) is 30.3 Å². The van der Waals surface area contributed by atoms with E-state index in [2.05, 4.69) is 0 Å². The van der Waals surface area contributed by atoms with Crippen LogP contribution in [0.2, 0.25) is 5.02 Å². The minimum Gasteiger partial charge on any atom is -0.478 e. The Hall–Kier alpha value is -3.45. The fraction of sp³-hybridized carbons (Fsp3) is 0.130. The Balaban J connectivity index is 1.76. The van der Waals surface area contributed by atoms with Gasteiger partial charge in [0.05, 0.1) is 16.5 Å². The summed E-state index contributed by atoms with van der Waals surface area (Å²) in [5.74, 6) is -1.94. The van der Waals surface area contributed by atoms with Gasteiger partial charge in [0.2, 0.25) is 16.1 Å². The van der Waals surface area contributed by atoms with Crippen molar-refractivity contribution in [3.8, 4) is 11.8 Å². The number of sulfonamides is 1. The summed E-state index contributed by atoms with van der Waals surface area (Å²) in [5, 5.41) is 18.8. The van der Waals surface area contributed by atoms with E-state index in [1.807, 2.05) is 0 Å². The molecular weight excluding hydrogens is 471 g/mol. The van der Waals surface area contributed by atoms with E-state index < -0.39 is 27.9 Å². The zero-order valence-corrected chi connectivity index (χ0v) is 18.8. The number of nitrogens with zero attached hydrogens (tertiary/aromatic N) is 2. The molecule has 0 aliphatic carbocycles. The Morgan fingerprint density at radius 2 is 1.88 bits per heavy atom. The van der Waals surface area contributed by atoms with Crippen LogP contribution in [0.5, 0.6) is 5.75 Å². The average Bonchev–Trinajstić information content (AvgIpc) is 2.77. The number of hydrogen-bond donors (Lipinski definition) is 1. The molecule has 3 aromatic carbocycles. The van der Waals surface area contributed by atoms with Crippen molar-refractivity contribution in [3.63, 3.8) is 0 Å². The first-order chi connectivity index (χ1) is 15.6. The second-order valence-corrected chi connectivity index (χ2v) is 9.56. The fourth-order valence-corrected chi connectivity index (χ4v) is 4.51. The zero-order valence-electron chi connectivity index (χ0n) is 17.3. The molecule has 1 N–H and O–H groups in total. The van der Waals surface area contributed by atoms with Gasteiger partial charge in [0.1, 0.15) is 11.6 Å². The molecule has 0 radical (unpaired) electrons. The molecule has 0 heterocycles. The number of halogens is 2. The van der Waals surface area contributed by atoms with Gasteiger partial charge in [-0.05, 0) is 54.1 Å². The van der Waals surface area contributed by atoms with Gasteiger partial charge in [-0.3, -0.25) is 0 Å². The third-order valence-electron chi connectivity index (χ3n) is 4.66. The van der Waals surface area contributed by atoms with E-state index in [0.29, 0.717) is 10.6 Å². The van der Waals surface area contributed by atoms with Crippen LogP contribution in [-0.2, 0) is 21.4 Å². The molecule has 3 aromatic rings. The van der Waals surface area contributed by atoms with Crippen molar-refractivity contribution in [3.05, 3.63) is 94.3 Å². The minimum atomic E-state index is -3.77. The van der Waals surface area contributed by atoms with Crippen LogP contribution in [0.25, 0.3) is 0 Å². The van der Waals surface area contributed by atoms with Crippen molar-refractivity contribution in [2.45, 2.75) is 17.5 Å². The van der Waals surface area contributed by atoms with Crippen LogP contribution in [0.1, 0.15) is 22.8 Å². The number of carbonyl (C=O) groups is 1. The van der Waals surface area contributed by atoms with Crippen LogP contribution in [0.3, 0.4) is 0 Å². The standard InChI is InChI=1S/C23H18ClFN2O5S/c1-27(33(30,31)21-4-2-3-18(24)12-21)14-15-5-7-20(8-6-15)32-22(23(28)29)17-9-16(13-26)10-19(25)11-17/h2-12,22H,14H2,1H3,(H,28,29). The van der Waals surface area contributed by atoms with E-state index >= 15 is 0 Å². The third kappa shape index (κ3) is 5.87. The summed E-state index contributed by atoms with van der Waals surface area (Å²) in [6.07, 6.45) is -1.54. The van der Waals surface area contributed by atoms with Crippen molar-refractivity contribution in [1.82, 2.24) is 4.31 Å². The predicted octanol–water partition coefficient (Wildman–Crippen LogP) is 4.38. The van der Waals surface area contributed by atoms with Crippen LogP contribution in [0, 0.1) is 17.1 Å². The summed E-state index contributed by atoms with van der Waals surface area (Å²) in [5.41, 5.74) is 0.578. The van der Waals surface area contributed by atoms with Crippen LogP contribution in [0.4, 0.5) is 4.39 Å². The molecule has 3 rings (SSSR count). The van der Waals surface area contributed by atoms with Gasteiger partial charge < -0.3 is 9.84 Å². The van der Waals surface area contributed by atoms with E-state index in [-0.39, 0.29) is 28.3 Å². The Labute approximate surface area is 195 Å². The smallest absolute Gasteiger partial charge is 0.349 e. The van der Waals surface area contributed by atoms with Gasteiger partial charge in [0.25, 0.3) is 0 Å². The number of ether oxygens (including phenoxy) is 1. The quantitative estimate of drug-likeness (QED) is 0.504.